The monoisotopic (exact) mass is 342 g/mol. The summed E-state index contributed by atoms with van der Waals surface area (Å²) in [6.45, 7) is 2.27. The molecule has 4 rings (SSSR count). The fourth-order valence-electron chi connectivity index (χ4n) is 2.82. The molecule has 0 atom stereocenters. The minimum absolute atomic E-state index is 0.0975. The minimum Gasteiger partial charge on any atom is -0.378 e. The zero-order valence-corrected chi connectivity index (χ0v) is 13.6. The summed E-state index contributed by atoms with van der Waals surface area (Å²) in [6.07, 6.45) is 5.12. The average Bonchev–Trinajstić information content (AvgIpc) is 3.02. The third-order valence-electron chi connectivity index (χ3n) is 4.05. The molecule has 1 fully saturated rings. The predicted octanol–water partition coefficient (Wildman–Crippen LogP) is 2.52. The third kappa shape index (κ3) is 2.64. The summed E-state index contributed by atoms with van der Waals surface area (Å²) in [6, 6.07) is 7.39. The second-order valence-electron chi connectivity index (χ2n) is 5.53. The van der Waals surface area contributed by atoms with Crippen molar-refractivity contribution in [3.63, 3.8) is 0 Å². The Morgan fingerprint density at radius 1 is 1.17 bits per heavy atom. The van der Waals surface area contributed by atoms with Gasteiger partial charge < -0.3 is 9.64 Å². The number of amides is 1. The number of nitrogens with zero attached hydrogens (tertiary/aromatic N) is 4. The molecule has 0 radical (unpaired) electrons. The molecule has 1 aliphatic rings. The largest absolute Gasteiger partial charge is 0.378 e. The van der Waals surface area contributed by atoms with Gasteiger partial charge in [-0.15, -0.1) is 0 Å². The zero-order valence-electron chi connectivity index (χ0n) is 12.9. The lowest BCUT2D eigenvalue weighted by molar-refractivity contribution is 0.0294. The Bertz CT molecular complexity index is 885. The SMILES string of the molecule is O=C(c1nc(-c2ccc(Cl)cc2)c2cnccn12)N1CCOCC1. The fourth-order valence-corrected chi connectivity index (χ4v) is 2.94. The zero-order chi connectivity index (χ0) is 16.5. The number of imidazole rings is 1. The molecule has 122 valence electrons. The van der Waals surface area contributed by atoms with Crippen LogP contribution in [-0.4, -0.2) is 51.5 Å². The van der Waals surface area contributed by atoms with Gasteiger partial charge in [-0.05, 0) is 12.1 Å². The number of hydrogen-bond acceptors (Lipinski definition) is 4. The first-order valence-corrected chi connectivity index (χ1v) is 8.07. The van der Waals surface area contributed by atoms with Crippen LogP contribution in [0.1, 0.15) is 10.6 Å². The van der Waals surface area contributed by atoms with Crippen molar-refractivity contribution in [1.82, 2.24) is 19.3 Å². The highest BCUT2D eigenvalue weighted by Crippen LogP contribution is 2.26. The average molecular weight is 343 g/mol. The molecule has 1 saturated heterocycles. The van der Waals surface area contributed by atoms with Crippen LogP contribution in [0.3, 0.4) is 0 Å². The summed E-state index contributed by atoms with van der Waals surface area (Å²) in [4.78, 5) is 23.4. The highest BCUT2D eigenvalue weighted by Gasteiger charge is 2.24. The van der Waals surface area contributed by atoms with Crippen LogP contribution in [-0.2, 0) is 4.74 Å². The van der Waals surface area contributed by atoms with Crippen molar-refractivity contribution in [2.45, 2.75) is 0 Å². The molecule has 0 bridgehead atoms. The van der Waals surface area contributed by atoms with Crippen LogP contribution >= 0.6 is 11.6 Å². The van der Waals surface area contributed by atoms with E-state index >= 15 is 0 Å². The quantitative estimate of drug-likeness (QED) is 0.718. The molecule has 3 aromatic rings. The van der Waals surface area contributed by atoms with Gasteiger partial charge in [0.1, 0.15) is 0 Å². The van der Waals surface area contributed by atoms with Gasteiger partial charge in [0, 0.05) is 36.1 Å². The van der Waals surface area contributed by atoms with Gasteiger partial charge in [0.25, 0.3) is 5.91 Å². The minimum atomic E-state index is -0.0975. The second kappa shape index (κ2) is 6.22. The van der Waals surface area contributed by atoms with Crippen LogP contribution in [0.5, 0.6) is 0 Å². The first-order valence-electron chi connectivity index (χ1n) is 7.69. The van der Waals surface area contributed by atoms with Crippen molar-refractivity contribution in [2.75, 3.05) is 26.3 Å². The van der Waals surface area contributed by atoms with E-state index in [0.717, 1.165) is 16.8 Å². The maximum atomic E-state index is 12.9. The van der Waals surface area contributed by atoms with Gasteiger partial charge >= 0.3 is 0 Å². The van der Waals surface area contributed by atoms with E-state index in [-0.39, 0.29) is 5.91 Å². The summed E-state index contributed by atoms with van der Waals surface area (Å²) < 4.78 is 7.10. The molecule has 0 unspecified atom stereocenters. The molecule has 6 nitrogen and oxygen atoms in total. The number of aromatic nitrogens is 3. The first-order chi connectivity index (χ1) is 11.7. The lowest BCUT2D eigenvalue weighted by Gasteiger charge is -2.26. The number of benzene rings is 1. The molecule has 1 aliphatic heterocycles. The Morgan fingerprint density at radius 2 is 1.92 bits per heavy atom. The van der Waals surface area contributed by atoms with E-state index < -0.39 is 0 Å². The van der Waals surface area contributed by atoms with Gasteiger partial charge in [-0.3, -0.25) is 14.2 Å². The van der Waals surface area contributed by atoms with Crippen LogP contribution in [0.15, 0.2) is 42.9 Å². The van der Waals surface area contributed by atoms with E-state index in [0.29, 0.717) is 37.2 Å². The molecule has 0 spiro atoms. The fraction of sp³-hybridized carbons (Fsp3) is 0.235. The number of carbonyl (C=O) groups is 1. The smallest absolute Gasteiger partial charge is 0.290 e. The van der Waals surface area contributed by atoms with Gasteiger partial charge in [0.05, 0.1) is 30.6 Å². The Hall–Kier alpha value is -2.44. The second-order valence-corrected chi connectivity index (χ2v) is 5.96. The summed E-state index contributed by atoms with van der Waals surface area (Å²) in [7, 11) is 0. The molecule has 0 saturated carbocycles. The van der Waals surface area contributed by atoms with E-state index in [1.807, 2.05) is 24.3 Å². The van der Waals surface area contributed by atoms with Crippen molar-refractivity contribution in [3.05, 3.63) is 53.7 Å². The van der Waals surface area contributed by atoms with Crippen molar-refractivity contribution < 1.29 is 9.53 Å². The van der Waals surface area contributed by atoms with Gasteiger partial charge in [-0.25, -0.2) is 4.98 Å². The third-order valence-corrected chi connectivity index (χ3v) is 4.31. The maximum absolute atomic E-state index is 12.9. The first kappa shape index (κ1) is 15.1. The van der Waals surface area contributed by atoms with E-state index in [1.165, 1.54) is 0 Å². The van der Waals surface area contributed by atoms with E-state index in [2.05, 4.69) is 9.97 Å². The summed E-state index contributed by atoms with van der Waals surface area (Å²) in [5, 5.41) is 0.657. The molecule has 1 aromatic carbocycles. The molecule has 3 heterocycles. The summed E-state index contributed by atoms with van der Waals surface area (Å²) in [5.74, 6) is 0.291. The molecule has 1 amide bonds. The van der Waals surface area contributed by atoms with Crippen molar-refractivity contribution >= 4 is 23.0 Å². The standard InChI is InChI=1S/C17H15ClN4O2/c18-13-3-1-12(2-4-13)15-14-11-19-5-6-22(14)16(20-15)17(23)21-7-9-24-10-8-21/h1-6,11H,7-10H2. The molecule has 0 N–H and O–H groups in total. The van der Waals surface area contributed by atoms with Crippen LogP contribution in [0.2, 0.25) is 5.02 Å². The van der Waals surface area contributed by atoms with E-state index in [4.69, 9.17) is 16.3 Å². The molecule has 0 aliphatic carbocycles. The number of hydrogen-bond donors (Lipinski definition) is 0. The normalized spacial score (nSPS) is 15.0. The van der Waals surface area contributed by atoms with Gasteiger partial charge in [-0.1, -0.05) is 23.7 Å². The molecule has 2 aromatic heterocycles. The van der Waals surface area contributed by atoms with Gasteiger partial charge in [0.2, 0.25) is 5.82 Å². The Balaban J connectivity index is 1.82. The molecule has 24 heavy (non-hydrogen) atoms. The molecular formula is C17H15ClN4O2. The summed E-state index contributed by atoms with van der Waals surface area (Å²) >= 11 is 5.96. The Labute approximate surface area is 143 Å². The number of ether oxygens (including phenoxy) is 1. The van der Waals surface area contributed by atoms with Crippen LogP contribution in [0, 0.1) is 0 Å². The van der Waals surface area contributed by atoms with Gasteiger partial charge in [-0.2, -0.15) is 0 Å². The number of carbonyl (C=O) groups excluding carboxylic acids is 1. The summed E-state index contributed by atoms with van der Waals surface area (Å²) in [5.41, 5.74) is 2.40. The lowest BCUT2D eigenvalue weighted by Crippen LogP contribution is -2.41. The van der Waals surface area contributed by atoms with Gasteiger partial charge in [0.15, 0.2) is 0 Å². The van der Waals surface area contributed by atoms with Crippen LogP contribution in [0.4, 0.5) is 0 Å². The maximum Gasteiger partial charge on any atom is 0.290 e. The number of morpholine rings is 1. The lowest BCUT2D eigenvalue weighted by atomic mass is 10.1. The van der Waals surface area contributed by atoms with Crippen molar-refractivity contribution in [2.24, 2.45) is 0 Å². The molecular weight excluding hydrogens is 328 g/mol. The Morgan fingerprint density at radius 3 is 2.67 bits per heavy atom. The number of rotatable bonds is 2. The van der Waals surface area contributed by atoms with Crippen LogP contribution in [0.25, 0.3) is 16.8 Å². The van der Waals surface area contributed by atoms with Crippen LogP contribution < -0.4 is 0 Å². The van der Waals surface area contributed by atoms with Crippen molar-refractivity contribution in [3.8, 4) is 11.3 Å². The Kier molecular flexibility index (Phi) is 3.92. The number of fused-ring (bicyclic) bond motifs is 1. The number of halogens is 1. The van der Waals surface area contributed by atoms with E-state index in [1.54, 1.807) is 27.9 Å². The highest BCUT2D eigenvalue weighted by atomic mass is 35.5. The van der Waals surface area contributed by atoms with Crippen molar-refractivity contribution in [1.29, 1.82) is 0 Å². The topological polar surface area (TPSA) is 59.7 Å². The van der Waals surface area contributed by atoms with E-state index in [9.17, 15) is 4.79 Å². The predicted molar refractivity (Wildman–Crippen MR) is 90.2 cm³/mol. The highest BCUT2D eigenvalue weighted by molar-refractivity contribution is 6.30. The molecule has 7 heteroatoms.